The summed E-state index contributed by atoms with van der Waals surface area (Å²) in [6, 6.07) is -3.00. The number of rotatable bonds is 12. The molecule has 206 valence electrons. The minimum atomic E-state index is -5.11. The van der Waals surface area contributed by atoms with Crippen molar-refractivity contribution in [1.82, 2.24) is 21.3 Å². The molecule has 0 aromatic rings. The lowest BCUT2D eigenvalue weighted by Crippen LogP contribution is -2.58. The van der Waals surface area contributed by atoms with Crippen LogP contribution < -0.4 is 21.3 Å². The van der Waals surface area contributed by atoms with Crippen LogP contribution in [0.15, 0.2) is 0 Å². The molecule has 36 heavy (non-hydrogen) atoms. The molecular weight excluding hydrogens is 499 g/mol. The van der Waals surface area contributed by atoms with Crippen LogP contribution in [-0.4, -0.2) is 73.0 Å². The number of carbonyl (C=O) groups is 5. The first-order chi connectivity index (χ1) is 16.4. The van der Waals surface area contributed by atoms with Gasteiger partial charge < -0.3 is 21.3 Å². The Morgan fingerprint density at radius 2 is 1.67 bits per heavy atom. The first kappa shape index (κ1) is 31.2. The van der Waals surface area contributed by atoms with Gasteiger partial charge in [0.2, 0.25) is 11.8 Å². The number of amides is 4. The summed E-state index contributed by atoms with van der Waals surface area (Å²) in [6.45, 7) is 4.16. The maximum absolute atomic E-state index is 13.0. The van der Waals surface area contributed by atoms with Gasteiger partial charge in [0, 0.05) is 12.5 Å². The van der Waals surface area contributed by atoms with Crippen molar-refractivity contribution in [2.45, 2.75) is 77.4 Å². The van der Waals surface area contributed by atoms with E-state index in [0.29, 0.717) is 0 Å². The van der Waals surface area contributed by atoms with Crippen LogP contribution >= 0.6 is 0 Å². The van der Waals surface area contributed by atoms with E-state index in [2.05, 4.69) is 20.7 Å². The average molecular weight is 530 g/mol. The summed E-state index contributed by atoms with van der Waals surface area (Å²) in [5, 5.41) is 8.69. The molecule has 15 heteroatoms. The van der Waals surface area contributed by atoms with Gasteiger partial charge >= 0.3 is 18.2 Å². The maximum atomic E-state index is 13.0. The third-order valence-electron chi connectivity index (χ3n) is 5.28. The van der Waals surface area contributed by atoms with Crippen LogP contribution in [0.25, 0.3) is 0 Å². The molecule has 1 aliphatic heterocycles. The van der Waals surface area contributed by atoms with Gasteiger partial charge in [0.25, 0.3) is 6.43 Å². The maximum Gasteiger partial charge on any atom is 0.522 e. The standard InChI is InChI=1S/C21H31F5N4O6/c1-10(2)7-13(29-17(34)18(35)30-20(3,4)19(22)23)16(33)28-12(8-11-5-6-27-15(11)32)14(31)9-36-21(24,25)26/h10-13,19H,5-9H2,1-4H3,(H,27,32)(H,28,33)(H,29,34)(H,30,35)/t11?,12-,13-/m0/s1. The van der Waals surface area contributed by atoms with Crippen LogP contribution in [0.2, 0.25) is 0 Å². The van der Waals surface area contributed by atoms with E-state index >= 15 is 0 Å². The quantitative estimate of drug-likeness (QED) is 0.217. The van der Waals surface area contributed by atoms with Gasteiger partial charge in [-0.2, -0.15) is 0 Å². The Bertz CT molecular complexity index is 834. The molecule has 1 heterocycles. The van der Waals surface area contributed by atoms with Crippen LogP contribution in [0.5, 0.6) is 0 Å². The zero-order valence-corrected chi connectivity index (χ0v) is 20.3. The van der Waals surface area contributed by atoms with E-state index in [4.69, 9.17) is 0 Å². The van der Waals surface area contributed by atoms with Crippen molar-refractivity contribution < 1.29 is 50.7 Å². The highest BCUT2D eigenvalue weighted by molar-refractivity contribution is 6.35. The van der Waals surface area contributed by atoms with Crippen LogP contribution in [0.4, 0.5) is 22.0 Å². The van der Waals surface area contributed by atoms with Crippen LogP contribution in [0.1, 0.15) is 47.0 Å². The van der Waals surface area contributed by atoms with Gasteiger partial charge in [-0.05, 0) is 39.0 Å². The molecule has 0 spiro atoms. The van der Waals surface area contributed by atoms with Gasteiger partial charge in [-0.25, -0.2) is 8.78 Å². The number of carbonyl (C=O) groups excluding carboxylic acids is 5. The Morgan fingerprint density at radius 1 is 1.06 bits per heavy atom. The second-order valence-corrected chi connectivity index (χ2v) is 9.41. The molecule has 0 aromatic carbocycles. The Hall–Kier alpha value is -2.84. The predicted octanol–water partition coefficient (Wildman–Crippen LogP) is 0.794. The fourth-order valence-electron chi connectivity index (χ4n) is 3.28. The number of alkyl halides is 5. The van der Waals surface area contributed by atoms with Crippen LogP contribution in [0, 0.1) is 11.8 Å². The topological polar surface area (TPSA) is 143 Å². The Morgan fingerprint density at radius 3 is 2.14 bits per heavy atom. The zero-order chi connectivity index (χ0) is 27.8. The average Bonchev–Trinajstić information content (AvgIpc) is 3.13. The predicted molar refractivity (Wildman–Crippen MR) is 114 cm³/mol. The molecule has 3 atom stereocenters. The molecule has 4 N–H and O–H groups in total. The van der Waals surface area contributed by atoms with E-state index in [1.54, 1.807) is 13.8 Å². The van der Waals surface area contributed by atoms with E-state index in [1.165, 1.54) is 0 Å². The van der Waals surface area contributed by atoms with Crippen molar-refractivity contribution >= 4 is 29.4 Å². The molecule has 0 saturated carbocycles. The van der Waals surface area contributed by atoms with E-state index in [9.17, 15) is 45.9 Å². The molecule has 1 aliphatic rings. The van der Waals surface area contributed by atoms with Crippen molar-refractivity contribution in [2.75, 3.05) is 13.2 Å². The second kappa shape index (κ2) is 12.9. The Labute approximate surface area is 204 Å². The molecule has 10 nitrogen and oxygen atoms in total. The highest BCUT2D eigenvalue weighted by Gasteiger charge is 2.37. The number of Topliss-reactive ketones (excluding diaryl/α,β-unsaturated/α-hetero) is 1. The number of nitrogens with one attached hydrogen (secondary N) is 4. The summed E-state index contributed by atoms with van der Waals surface area (Å²) in [6.07, 6.45) is -8.20. The molecule has 4 amide bonds. The summed E-state index contributed by atoms with van der Waals surface area (Å²) in [5.41, 5.74) is -2.04. The normalized spacial score (nSPS) is 18.0. The van der Waals surface area contributed by atoms with E-state index < -0.39 is 72.3 Å². The molecule has 1 rings (SSSR count). The third kappa shape index (κ3) is 10.4. The van der Waals surface area contributed by atoms with Gasteiger partial charge in [0.15, 0.2) is 5.78 Å². The number of hydrogen-bond donors (Lipinski definition) is 4. The van der Waals surface area contributed by atoms with E-state index in [-0.39, 0.29) is 31.7 Å². The third-order valence-corrected chi connectivity index (χ3v) is 5.28. The smallest absolute Gasteiger partial charge is 0.356 e. The fraction of sp³-hybridized carbons (Fsp3) is 0.762. The minimum Gasteiger partial charge on any atom is -0.356 e. The monoisotopic (exact) mass is 530 g/mol. The van der Waals surface area contributed by atoms with Crippen molar-refractivity contribution in [3.63, 3.8) is 0 Å². The molecule has 0 radical (unpaired) electrons. The van der Waals surface area contributed by atoms with Crippen LogP contribution in [0.3, 0.4) is 0 Å². The van der Waals surface area contributed by atoms with Crippen molar-refractivity contribution in [1.29, 1.82) is 0 Å². The van der Waals surface area contributed by atoms with Crippen molar-refractivity contribution in [3.05, 3.63) is 0 Å². The molecule has 1 unspecified atom stereocenters. The highest BCUT2D eigenvalue weighted by atomic mass is 19.4. The van der Waals surface area contributed by atoms with E-state index in [0.717, 1.165) is 13.8 Å². The van der Waals surface area contributed by atoms with Gasteiger partial charge in [0.1, 0.15) is 12.6 Å². The SMILES string of the molecule is CC(C)C[C@H](NC(=O)C(=O)NC(C)(C)C(F)F)C(=O)N[C@@H](CC1CCNC1=O)C(=O)COC(F)(F)F. The highest BCUT2D eigenvalue weighted by Crippen LogP contribution is 2.20. The lowest BCUT2D eigenvalue weighted by atomic mass is 9.95. The number of ether oxygens (including phenoxy) is 1. The van der Waals surface area contributed by atoms with Gasteiger partial charge in [-0.1, -0.05) is 13.8 Å². The van der Waals surface area contributed by atoms with Gasteiger partial charge in [-0.3, -0.25) is 28.7 Å². The first-order valence-electron chi connectivity index (χ1n) is 11.2. The molecule has 1 fully saturated rings. The first-order valence-corrected chi connectivity index (χ1v) is 11.2. The number of hydrogen-bond acceptors (Lipinski definition) is 6. The lowest BCUT2D eigenvalue weighted by molar-refractivity contribution is -0.321. The summed E-state index contributed by atoms with van der Waals surface area (Å²) in [7, 11) is 0. The van der Waals surface area contributed by atoms with E-state index in [1.807, 2.05) is 5.32 Å². The second-order valence-electron chi connectivity index (χ2n) is 9.41. The molecular formula is C21H31F5N4O6. The van der Waals surface area contributed by atoms with Gasteiger partial charge in [-0.15, -0.1) is 13.2 Å². The van der Waals surface area contributed by atoms with Crippen LogP contribution in [-0.2, 0) is 28.7 Å². The number of halogens is 5. The number of ketones is 1. The fourth-order valence-corrected chi connectivity index (χ4v) is 3.28. The molecule has 0 aliphatic carbocycles. The zero-order valence-electron chi connectivity index (χ0n) is 20.3. The largest absolute Gasteiger partial charge is 0.522 e. The van der Waals surface area contributed by atoms with Crippen molar-refractivity contribution in [3.8, 4) is 0 Å². The van der Waals surface area contributed by atoms with Gasteiger partial charge in [0.05, 0.1) is 11.6 Å². The van der Waals surface area contributed by atoms with Crippen molar-refractivity contribution in [2.24, 2.45) is 11.8 Å². The minimum absolute atomic E-state index is 0.0625. The summed E-state index contributed by atoms with van der Waals surface area (Å²) < 4.78 is 66.8. The Kier molecular flexibility index (Phi) is 11.2. The summed E-state index contributed by atoms with van der Waals surface area (Å²) in [4.78, 5) is 61.6. The molecule has 1 saturated heterocycles. The summed E-state index contributed by atoms with van der Waals surface area (Å²) >= 11 is 0. The summed E-state index contributed by atoms with van der Waals surface area (Å²) in [5.74, 6) is -6.45. The Balaban J connectivity index is 3.01. The molecule has 0 bridgehead atoms. The lowest BCUT2D eigenvalue weighted by Gasteiger charge is -2.27. The molecule has 0 aromatic heterocycles.